The summed E-state index contributed by atoms with van der Waals surface area (Å²) in [6.45, 7) is 3.54. The predicted molar refractivity (Wildman–Crippen MR) is 79.4 cm³/mol. The molecule has 3 rings (SSSR count). The van der Waals surface area contributed by atoms with E-state index in [4.69, 9.17) is 4.42 Å². The summed E-state index contributed by atoms with van der Waals surface area (Å²) in [6, 6.07) is 3.88. The van der Waals surface area contributed by atoms with Gasteiger partial charge in [-0.25, -0.2) is 13.8 Å². The van der Waals surface area contributed by atoms with E-state index in [0.717, 1.165) is 43.3 Å². The van der Waals surface area contributed by atoms with Crippen molar-refractivity contribution in [2.75, 3.05) is 6.54 Å². The minimum absolute atomic E-state index is 0.203. The van der Waals surface area contributed by atoms with Gasteiger partial charge < -0.3 is 4.42 Å². The molecule has 0 N–H and O–H groups in total. The van der Waals surface area contributed by atoms with Gasteiger partial charge in [0.15, 0.2) is 6.39 Å². The Morgan fingerprint density at radius 3 is 2.95 bits per heavy atom. The van der Waals surface area contributed by atoms with Gasteiger partial charge in [-0.1, -0.05) is 6.42 Å². The van der Waals surface area contributed by atoms with Crippen molar-refractivity contribution >= 4 is 0 Å². The number of nitrogens with zero attached hydrogens (tertiary/aromatic N) is 2. The van der Waals surface area contributed by atoms with Crippen LogP contribution >= 0.6 is 0 Å². The minimum Gasteiger partial charge on any atom is -0.447 e. The van der Waals surface area contributed by atoms with Gasteiger partial charge in [0.05, 0.1) is 12.2 Å². The van der Waals surface area contributed by atoms with Gasteiger partial charge in [0.2, 0.25) is 0 Å². The number of hydrogen-bond donors (Lipinski definition) is 0. The molecule has 118 valence electrons. The summed E-state index contributed by atoms with van der Waals surface area (Å²) in [5, 5.41) is 0. The zero-order valence-electron chi connectivity index (χ0n) is 12.7. The van der Waals surface area contributed by atoms with Gasteiger partial charge in [-0.3, -0.25) is 4.90 Å². The molecule has 0 bridgehead atoms. The summed E-state index contributed by atoms with van der Waals surface area (Å²) in [5.41, 5.74) is 1.34. The highest BCUT2D eigenvalue weighted by molar-refractivity contribution is 5.20. The standard InChI is InChI=1S/C17H20F2N2O/c1-12-17(22-11-20-12)10-21-7-3-2-4-15(21)9-13-8-14(18)5-6-16(13)19/h5-6,8,11,15H,2-4,7,9-10H2,1H3. The fourth-order valence-corrected chi connectivity index (χ4v) is 3.12. The lowest BCUT2D eigenvalue weighted by Crippen LogP contribution is -2.40. The van der Waals surface area contributed by atoms with E-state index in [1.165, 1.54) is 18.5 Å². The van der Waals surface area contributed by atoms with Crippen molar-refractivity contribution in [3.05, 3.63) is 53.2 Å². The molecule has 2 aromatic rings. The highest BCUT2D eigenvalue weighted by atomic mass is 19.1. The fraction of sp³-hybridized carbons (Fsp3) is 0.471. The molecule has 1 aliphatic heterocycles. The van der Waals surface area contributed by atoms with Gasteiger partial charge in [-0.2, -0.15) is 0 Å². The van der Waals surface area contributed by atoms with Crippen LogP contribution in [-0.4, -0.2) is 22.5 Å². The Morgan fingerprint density at radius 1 is 1.32 bits per heavy atom. The first-order valence-corrected chi connectivity index (χ1v) is 7.70. The third kappa shape index (κ3) is 3.35. The van der Waals surface area contributed by atoms with Crippen molar-refractivity contribution in [1.82, 2.24) is 9.88 Å². The van der Waals surface area contributed by atoms with E-state index >= 15 is 0 Å². The van der Waals surface area contributed by atoms with Crippen LogP contribution in [0.2, 0.25) is 0 Å². The van der Waals surface area contributed by atoms with Crippen LogP contribution in [0.25, 0.3) is 0 Å². The number of oxazole rings is 1. The molecule has 5 heteroatoms. The zero-order chi connectivity index (χ0) is 15.5. The molecule has 1 unspecified atom stereocenters. The van der Waals surface area contributed by atoms with Crippen molar-refractivity contribution in [2.45, 2.75) is 45.2 Å². The molecule has 1 fully saturated rings. The summed E-state index contributed by atoms with van der Waals surface area (Å²) in [4.78, 5) is 6.41. The Balaban J connectivity index is 1.75. The van der Waals surface area contributed by atoms with Crippen molar-refractivity contribution in [1.29, 1.82) is 0 Å². The molecule has 2 heterocycles. The second kappa shape index (κ2) is 6.57. The molecule has 0 spiro atoms. The first-order chi connectivity index (χ1) is 10.6. The van der Waals surface area contributed by atoms with Gasteiger partial charge in [0.25, 0.3) is 0 Å². The predicted octanol–water partition coefficient (Wildman–Crippen LogP) is 3.86. The smallest absolute Gasteiger partial charge is 0.181 e. The topological polar surface area (TPSA) is 29.3 Å². The molecule has 1 saturated heterocycles. The van der Waals surface area contributed by atoms with Crippen LogP contribution in [0.15, 0.2) is 29.0 Å². The molecular weight excluding hydrogens is 286 g/mol. The van der Waals surface area contributed by atoms with Crippen LogP contribution in [-0.2, 0) is 13.0 Å². The van der Waals surface area contributed by atoms with Crippen LogP contribution in [0.4, 0.5) is 8.78 Å². The number of halogens is 2. The molecule has 1 aromatic heterocycles. The van der Waals surface area contributed by atoms with Gasteiger partial charge in [0.1, 0.15) is 17.4 Å². The second-order valence-electron chi connectivity index (χ2n) is 5.92. The largest absolute Gasteiger partial charge is 0.447 e. The number of rotatable bonds is 4. The Labute approximate surface area is 129 Å². The molecule has 22 heavy (non-hydrogen) atoms. The maximum absolute atomic E-state index is 13.9. The Kier molecular flexibility index (Phi) is 4.52. The summed E-state index contributed by atoms with van der Waals surface area (Å²) < 4.78 is 32.7. The van der Waals surface area contributed by atoms with Crippen LogP contribution in [0.5, 0.6) is 0 Å². The SMILES string of the molecule is Cc1ncoc1CN1CCCCC1Cc1cc(F)ccc1F. The van der Waals surface area contributed by atoms with Crippen LogP contribution in [0.1, 0.15) is 36.3 Å². The minimum atomic E-state index is -0.384. The average molecular weight is 306 g/mol. The number of piperidine rings is 1. The normalized spacial score (nSPS) is 19.5. The Bertz CT molecular complexity index is 641. The molecule has 0 aliphatic carbocycles. The number of aryl methyl sites for hydroxylation is 1. The van der Waals surface area contributed by atoms with Crippen LogP contribution < -0.4 is 0 Å². The highest BCUT2D eigenvalue weighted by Gasteiger charge is 2.25. The lowest BCUT2D eigenvalue weighted by atomic mass is 9.95. The molecule has 1 atom stereocenters. The van der Waals surface area contributed by atoms with E-state index in [1.807, 2.05) is 6.92 Å². The summed E-state index contributed by atoms with van der Waals surface area (Å²) >= 11 is 0. The number of hydrogen-bond acceptors (Lipinski definition) is 3. The quantitative estimate of drug-likeness (QED) is 0.859. The van der Waals surface area contributed by atoms with Crippen LogP contribution in [0, 0.1) is 18.6 Å². The second-order valence-corrected chi connectivity index (χ2v) is 5.92. The van der Waals surface area contributed by atoms with Crippen molar-refractivity contribution in [2.24, 2.45) is 0 Å². The summed E-state index contributed by atoms with van der Waals surface area (Å²) in [5.74, 6) is 0.138. The van der Waals surface area contributed by atoms with Crippen molar-refractivity contribution in [3.63, 3.8) is 0 Å². The third-order valence-electron chi connectivity index (χ3n) is 4.40. The maximum Gasteiger partial charge on any atom is 0.181 e. The van der Waals surface area contributed by atoms with Gasteiger partial charge in [-0.05, 0) is 56.5 Å². The average Bonchev–Trinajstić information content (AvgIpc) is 2.90. The molecule has 0 radical (unpaired) electrons. The summed E-state index contributed by atoms with van der Waals surface area (Å²) in [7, 11) is 0. The van der Waals surface area contributed by atoms with E-state index in [9.17, 15) is 8.78 Å². The first-order valence-electron chi connectivity index (χ1n) is 7.70. The third-order valence-corrected chi connectivity index (χ3v) is 4.40. The van der Waals surface area contributed by atoms with Gasteiger partial charge in [0, 0.05) is 6.04 Å². The summed E-state index contributed by atoms with van der Waals surface area (Å²) in [6.07, 6.45) is 5.21. The molecular formula is C17H20F2N2O. The van der Waals surface area contributed by atoms with Crippen molar-refractivity contribution in [3.8, 4) is 0 Å². The van der Waals surface area contributed by atoms with Gasteiger partial charge >= 0.3 is 0 Å². The monoisotopic (exact) mass is 306 g/mol. The van der Waals surface area contributed by atoms with E-state index in [0.29, 0.717) is 18.5 Å². The van der Waals surface area contributed by atoms with E-state index < -0.39 is 0 Å². The van der Waals surface area contributed by atoms with E-state index in [1.54, 1.807) is 0 Å². The molecule has 0 amide bonds. The highest BCUT2D eigenvalue weighted by Crippen LogP contribution is 2.24. The molecule has 1 aromatic carbocycles. The number of likely N-dealkylation sites (tertiary alicyclic amines) is 1. The Morgan fingerprint density at radius 2 is 2.18 bits per heavy atom. The fourth-order valence-electron chi connectivity index (χ4n) is 3.12. The van der Waals surface area contributed by atoms with E-state index in [-0.39, 0.29) is 17.7 Å². The maximum atomic E-state index is 13.9. The lowest BCUT2D eigenvalue weighted by molar-refractivity contribution is 0.128. The van der Waals surface area contributed by atoms with Gasteiger partial charge in [-0.15, -0.1) is 0 Å². The zero-order valence-corrected chi connectivity index (χ0v) is 12.7. The Hall–Kier alpha value is -1.75. The molecule has 1 aliphatic rings. The van der Waals surface area contributed by atoms with Crippen LogP contribution in [0.3, 0.4) is 0 Å². The first kappa shape index (κ1) is 15.2. The lowest BCUT2D eigenvalue weighted by Gasteiger charge is -2.35. The molecule has 0 saturated carbocycles. The van der Waals surface area contributed by atoms with Crippen molar-refractivity contribution < 1.29 is 13.2 Å². The van der Waals surface area contributed by atoms with E-state index in [2.05, 4.69) is 9.88 Å². The number of benzene rings is 1. The molecule has 3 nitrogen and oxygen atoms in total. The number of aromatic nitrogens is 1.